The molecule has 5 nitrogen and oxygen atoms in total. The lowest BCUT2D eigenvalue weighted by molar-refractivity contribution is 0.133. The summed E-state index contributed by atoms with van der Waals surface area (Å²) in [6, 6.07) is 12.3. The number of H-pyrrole nitrogens is 1. The third-order valence-corrected chi connectivity index (χ3v) is 4.14. The standard InChI is InChI=1S/C19H18N4O/c1-2-24-11-14-7-4-3-6-13(14)10-16-18-19(22-12-21-18)17-15(23-16)8-5-9-20-17/h3-9,12,20H,2,10-11H2,1H3. The van der Waals surface area contributed by atoms with Crippen LogP contribution in [0.1, 0.15) is 23.7 Å². The zero-order valence-corrected chi connectivity index (χ0v) is 13.5. The van der Waals surface area contributed by atoms with Crippen molar-refractivity contribution in [1.29, 1.82) is 0 Å². The highest BCUT2D eigenvalue weighted by molar-refractivity contribution is 6.00. The molecule has 4 rings (SSSR count). The van der Waals surface area contributed by atoms with Gasteiger partial charge in [-0.05, 0) is 30.2 Å². The lowest BCUT2D eigenvalue weighted by atomic mass is 10.0. The molecule has 24 heavy (non-hydrogen) atoms. The summed E-state index contributed by atoms with van der Waals surface area (Å²) < 4.78 is 5.59. The van der Waals surface area contributed by atoms with Crippen LogP contribution < -0.4 is 0 Å². The number of fused-ring (bicyclic) bond motifs is 3. The Bertz CT molecular complexity index is 993. The number of ether oxygens (including phenoxy) is 1. The highest BCUT2D eigenvalue weighted by Crippen LogP contribution is 2.24. The van der Waals surface area contributed by atoms with Crippen LogP contribution in [0.15, 0.2) is 48.9 Å². The fourth-order valence-electron chi connectivity index (χ4n) is 2.96. The minimum absolute atomic E-state index is 0.615. The Hall–Kier alpha value is -2.79. The Balaban J connectivity index is 1.81. The van der Waals surface area contributed by atoms with Crippen LogP contribution in [0.5, 0.6) is 0 Å². The number of rotatable bonds is 5. The number of pyridine rings is 2. The van der Waals surface area contributed by atoms with E-state index in [0.29, 0.717) is 19.6 Å². The SMILES string of the molecule is CCOCc1ccccc1Cc1nc2ccc[nH]c2c2ncnc12. The largest absolute Gasteiger partial charge is 0.377 e. The van der Waals surface area contributed by atoms with Gasteiger partial charge in [-0.15, -0.1) is 0 Å². The molecule has 0 atom stereocenters. The minimum atomic E-state index is 0.615. The van der Waals surface area contributed by atoms with Gasteiger partial charge in [-0.3, -0.25) is 0 Å². The molecule has 5 heteroatoms. The minimum Gasteiger partial charge on any atom is -0.377 e. The predicted molar refractivity (Wildman–Crippen MR) is 93.8 cm³/mol. The molecule has 0 bridgehead atoms. The van der Waals surface area contributed by atoms with Crippen molar-refractivity contribution < 1.29 is 4.74 Å². The molecular weight excluding hydrogens is 300 g/mol. The van der Waals surface area contributed by atoms with Gasteiger partial charge in [0.05, 0.1) is 23.3 Å². The van der Waals surface area contributed by atoms with Crippen LogP contribution in [0.25, 0.3) is 22.1 Å². The second-order valence-electron chi connectivity index (χ2n) is 5.64. The van der Waals surface area contributed by atoms with Gasteiger partial charge < -0.3 is 9.72 Å². The van der Waals surface area contributed by atoms with Crippen LogP contribution in [-0.4, -0.2) is 26.5 Å². The number of nitrogens with one attached hydrogen (secondary N) is 1. The van der Waals surface area contributed by atoms with Gasteiger partial charge >= 0.3 is 0 Å². The Morgan fingerprint density at radius 1 is 1.00 bits per heavy atom. The second kappa shape index (κ2) is 6.37. The first kappa shape index (κ1) is 14.8. The monoisotopic (exact) mass is 318 g/mol. The van der Waals surface area contributed by atoms with Crippen LogP contribution in [0, 0.1) is 0 Å². The Morgan fingerprint density at radius 2 is 1.83 bits per heavy atom. The quantitative estimate of drug-likeness (QED) is 0.610. The number of imidazole rings is 1. The maximum atomic E-state index is 5.59. The summed E-state index contributed by atoms with van der Waals surface area (Å²) in [6.07, 6.45) is 4.20. The lowest BCUT2D eigenvalue weighted by Crippen LogP contribution is -2.01. The van der Waals surface area contributed by atoms with Gasteiger partial charge in [0.2, 0.25) is 0 Å². The number of hydrogen-bond acceptors (Lipinski definition) is 4. The van der Waals surface area contributed by atoms with Crippen molar-refractivity contribution in [3.8, 4) is 0 Å². The zero-order chi connectivity index (χ0) is 16.4. The third kappa shape index (κ3) is 2.63. The van der Waals surface area contributed by atoms with Crippen molar-refractivity contribution in [2.45, 2.75) is 20.0 Å². The molecule has 3 aromatic heterocycles. The lowest BCUT2D eigenvalue weighted by Gasteiger charge is -2.10. The summed E-state index contributed by atoms with van der Waals surface area (Å²) in [5.41, 5.74) is 6.90. The maximum absolute atomic E-state index is 5.59. The van der Waals surface area contributed by atoms with Crippen LogP contribution >= 0.6 is 0 Å². The summed E-state index contributed by atoms with van der Waals surface area (Å²) in [7, 11) is 0. The van der Waals surface area contributed by atoms with Gasteiger partial charge in [0.25, 0.3) is 0 Å². The van der Waals surface area contributed by atoms with Crippen LogP contribution in [0.2, 0.25) is 0 Å². The van der Waals surface area contributed by atoms with Gasteiger partial charge in [-0.25, -0.2) is 15.0 Å². The normalized spacial score (nSPS) is 11.4. The summed E-state index contributed by atoms with van der Waals surface area (Å²) in [6.45, 7) is 3.33. The van der Waals surface area contributed by atoms with Gasteiger partial charge in [0, 0.05) is 19.2 Å². The molecule has 0 aliphatic carbocycles. The van der Waals surface area contributed by atoms with Crippen molar-refractivity contribution in [2.24, 2.45) is 0 Å². The molecule has 1 aromatic carbocycles. The van der Waals surface area contributed by atoms with Crippen molar-refractivity contribution in [3.63, 3.8) is 0 Å². The average Bonchev–Trinajstić information content (AvgIpc) is 3.11. The van der Waals surface area contributed by atoms with E-state index in [1.807, 2.05) is 37.4 Å². The van der Waals surface area contributed by atoms with E-state index in [2.05, 4.69) is 27.1 Å². The number of hydrogen-bond donors (Lipinski definition) is 1. The van der Waals surface area contributed by atoms with Crippen molar-refractivity contribution in [2.75, 3.05) is 6.61 Å². The molecule has 1 N–H and O–H groups in total. The number of aromatic nitrogens is 4. The molecule has 3 heterocycles. The maximum Gasteiger partial charge on any atom is 0.118 e. The predicted octanol–water partition coefficient (Wildman–Crippen LogP) is 3.63. The molecule has 4 aromatic rings. The van der Waals surface area contributed by atoms with E-state index >= 15 is 0 Å². The highest BCUT2D eigenvalue weighted by atomic mass is 16.5. The second-order valence-corrected chi connectivity index (χ2v) is 5.64. The molecule has 0 aliphatic heterocycles. The van der Waals surface area contributed by atoms with Gasteiger partial charge in [-0.2, -0.15) is 0 Å². The van der Waals surface area contributed by atoms with Crippen molar-refractivity contribution in [1.82, 2.24) is 19.9 Å². The zero-order valence-electron chi connectivity index (χ0n) is 13.5. The third-order valence-electron chi connectivity index (χ3n) is 4.14. The van der Waals surface area contributed by atoms with Crippen LogP contribution in [0.4, 0.5) is 0 Å². The summed E-state index contributed by atoms with van der Waals surface area (Å²) in [5, 5.41) is 0. The first-order valence-corrected chi connectivity index (χ1v) is 8.08. The summed E-state index contributed by atoms with van der Waals surface area (Å²) in [5.74, 6) is 0. The number of aromatic amines is 1. The van der Waals surface area contributed by atoms with Gasteiger partial charge in [0.15, 0.2) is 0 Å². The molecule has 0 saturated heterocycles. The topological polar surface area (TPSA) is 63.7 Å². The molecular formula is C19H18N4O. The number of benzene rings is 1. The molecule has 0 spiro atoms. The van der Waals surface area contributed by atoms with E-state index in [1.54, 1.807) is 6.33 Å². The van der Waals surface area contributed by atoms with E-state index < -0.39 is 0 Å². The van der Waals surface area contributed by atoms with Crippen molar-refractivity contribution >= 4 is 22.1 Å². The molecule has 0 radical (unpaired) electrons. The first-order valence-electron chi connectivity index (χ1n) is 8.08. The Kier molecular flexibility index (Phi) is 3.92. The van der Waals surface area contributed by atoms with E-state index in [1.165, 1.54) is 11.1 Å². The highest BCUT2D eigenvalue weighted by Gasteiger charge is 2.13. The number of nitrogens with zero attached hydrogens (tertiary/aromatic N) is 3. The smallest absolute Gasteiger partial charge is 0.118 e. The van der Waals surface area contributed by atoms with Gasteiger partial charge in [0.1, 0.15) is 17.4 Å². The first-order chi connectivity index (χ1) is 11.9. The fraction of sp³-hybridized carbons (Fsp3) is 0.211. The average molecular weight is 318 g/mol. The van der Waals surface area contributed by atoms with Crippen LogP contribution in [0.3, 0.4) is 0 Å². The van der Waals surface area contributed by atoms with E-state index in [0.717, 1.165) is 27.8 Å². The molecule has 0 aliphatic rings. The molecule has 0 amide bonds. The summed E-state index contributed by atoms with van der Waals surface area (Å²) >= 11 is 0. The van der Waals surface area contributed by atoms with Crippen molar-refractivity contribution in [3.05, 3.63) is 65.7 Å². The Labute approximate surface area is 139 Å². The molecule has 0 unspecified atom stereocenters. The molecule has 120 valence electrons. The molecule has 0 fully saturated rings. The summed E-state index contributed by atoms with van der Waals surface area (Å²) in [4.78, 5) is 16.9. The van der Waals surface area contributed by atoms with E-state index in [-0.39, 0.29) is 0 Å². The van der Waals surface area contributed by atoms with E-state index in [4.69, 9.17) is 9.72 Å². The van der Waals surface area contributed by atoms with Gasteiger partial charge in [-0.1, -0.05) is 24.3 Å². The fourth-order valence-corrected chi connectivity index (χ4v) is 2.96. The Morgan fingerprint density at radius 3 is 2.71 bits per heavy atom. The van der Waals surface area contributed by atoms with E-state index in [9.17, 15) is 0 Å². The molecule has 0 saturated carbocycles. The van der Waals surface area contributed by atoms with Crippen LogP contribution in [-0.2, 0) is 17.8 Å².